The van der Waals surface area contributed by atoms with E-state index in [0.29, 0.717) is 86.4 Å². The van der Waals surface area contributed by atoms with Crippen molar-refractivity contribution in [2.45, 2.75) is 79.1 Å². The molecule has 0 aliphatic rings. The number of ether oxygens (including phenoxy) is 1. The number of aryl methyl sites for hydroxylation is 2. The lowest BCUT2D eigenvalue weighted by Crippen LogP contribution is -2.31. The molecule has 0 saturated carbocycles. The zero-order valence-electron chi connectivity index (χ0n) is 35.4. The van der Waals surface area contributed by atoms with Crippen LogP contribution >= 0.6 is 0 Å². The Morgan fingerprint density at radius 2 is 1.26 bits per heavy atom. The van der Waals surface area contributed by atoms with Crippen LogP contribution in [-0.4, -0.2) is 85.7 Å². The van der Waals surface area contributed by atoms with Crippen LogP contribution < -0.4 is 48.3 Å². The molecular formula is C41H55N15O6. The second-order valence-electron chi connectivity index (χ2n) is 14.3. The number of unbranched alkanes of at least 4 members (excludes halogenated alkanes) is 3. The number of amides is 4. The first-order valence-corrected chi connectivity index (χ1v) is 20.6. The molecule has 21 heteroatoms. The Morgan fingerprint density at radius 3 is 1.74 bits per heavy atom. The van der Waals surface area contributed by atoms with E-state index in [1.807, 2.05) is 6.07 Å². The van der Waals surface area contributed by atoms with Crippen molar-refractivity contribution in [1.82, 2.24) is 45.5 Å². The fraction of sp³-hybridized carbons (Fsp3) is 0.439. The van der Waals surface area contributed by atoms with Crippen molar-refractivity contribution in [2.75, 3.05) is 59.4 Å². The third kappa shape index (κ3) is 17.5. The van der Waals surface area contributed by atoms with Gasteiger partial charge in [0.2, 0.25) is 29.7 Å². The summed E-state index contributed by atoms with van der Waals surface area (Å²) in [6.45, 7) is 9.50. The summed E-state index contributed by atoms with van der Waals surface area (Å²) in [7, 11) is 0. The number of nitrogens with one attached hydrogen (secondary N) is 9. The molecule has 3 aromatic heterocycles. The summed E-state index contributed by atoms with van der Waals surface area (Å²) in [6.07, 6.45) is 8.01. The van der Waals surface area contributed by atoms with Gasteiger partial charge in [-0.25, -0.2) is 14.4 Å². The molecule has 1 atom stereocenters. The quantitative estimate of drug-likeness (QED) is 0.0192. The van der Waals surface area contributed by atoms with Crippen LogP contribution in [0, 0.1) is 31.1 Å². The van der Waals surface area contributed by atoms with Crippen molar-refractivity contribution in [3.63, 3.8) is 0 Å². The maximum absolute atomic E-state index is 12.7. The summed E-state index contributed by atoms with van der Waals surface area (Å²) in [5.41, 5.74) is 1.40. The average molecular weight is 854 g/mol. The van der Waals surface area contributed by atoms with Gasteiger partial charge in [0.05, 0.1) is 6.61 Å². The first kappa shape index (κ1) is 47.3. The van der Waals surface area contributed by atoms with Gasteiger partial charge in [0.1, 0.15) is 11.6 Å². The van der Waals surface area contributed by atoms with E-state index in [4.69, 9.17) is 4.74 Å². The Bertz CT molecular complexity index is 2180. The molecule has 4 amide bonds. The zero-order valence-corrected chi connectivity index (χ0v) is 35.4. The molecule has 62 heavy (non-hydrogen) atoms. The van der Waals surface area contributed by atoms with Gasteiger partial charge in [-0.15, -0.1) is 0 Å². The van der Waals surface area contributed by atoms with Crippen LogP contribution in [0.5, 0.6) is 0 Å². The Kier molecular flexibility index (Phi) is 19.3. The maximum Gasteiger partial charge on any atom is 0.348 e. The number of aromatic nitrogens is 7. The van der Waals surface area contributed by atoms with Crippen molar-refractivity contribution in [2.24, 2.45) is 5.92 Å². The molecule has 0 saturated heterocycles. The van der Waals surface area contributed by atoms with E-state index in [0.717, 1.165) is 25.7 Å². The van der Waals surface area contributed by atoms with Gasteiger partial charge < -0.3 is 41.3 Å². The third-order valence-corrected chi connectivity index (χ3v) is 9.01. The molecule has 330 valence electrons. The average Bonchev–Trinajstić information content (AvgIpc) is 3.22. The summed E-state index contributed by atoms with van der Waals surface area (Å²) in [6, 6.07) is 10.6. The van der Waals surface area contributed by atoms with Crippen LogP contribution in [0.2, 0.25) is 0 Å². The number of esters is 1. The van der Waals surface area contributed by atoms with Crippen LogP contribution in [0.3, 0.4) is 0 Å². The number of aromatic amines is 2. The molecule has 0 aliphatic heterocycles. The predicted molar refractivity (Wildman–Crippen MR) is 236 cm³/mol. The van der Waals surface area contributed by atoms with Crippen molar-refractivity contribution < 1.29 is 19.1 Å². The Labute approximate surface area is 358 Å². The first-order valence-electron chi connectivity index (χ1n) is 20.6. The highest BCUT2D eigenvalue weighted by atomic mass is 16.5. The lowest BCUT2D eigenvalue weighted by atomic mass is 10.0. The molecule has 1 aromatic carbocycles. The molecule has 0 radical (unpaired) electrons. The number of rotatable bonds is 24. The second kappa shape index (κ2) is 25.3. The standard InChI is InChI=1S/C41H55N15O6/c1-5-7-12-28(6-2)25-62-34(59)30(24-42)23-29-13-15-31(16-14-29)49-39-53-35(43-17-8-10-19-45-40(60)55-37-47-26(3)21-32(57)50-37)52-36(54-39)44-18-9-11-20-46-41(61)56-38-48-27(4)22-33(58)51-38/h13-16,21-23,28H,5-12,17-20,25H2,1-4H3,(H3,43,44,49,52,53,54)(H3,45,47,50,55,57,60)(H3,46,48,51,56,58,61)/b30-23+. The third-order valence-electron chi connectivity index (χ3n) is 9.01. The van der Waals surface area contributed by atoms with Crippen LogP contribution in [0.15, 0.2) is 51.6 Å². The topological polar surface area (TPSA) is 299 Å². The number of hydrogen-bond acceptors (Lipinski definition) is 15. The highest BCUT2D eigenvalue weighted by molar-refractivity contribution is 5.98. The zero-order chi connectivity index (χ0) is 44.7. The van der Waals surface area contributed by atoms with Crippen molar-refractivity contribution in [3.8, 4) is 6.07 Å². The number of benzene rings is 1. The van der Waals surface area contributed by atoms with Crippen molar-refractivity contribution in [1.29, 1.82) is 5.26 Å². The minimum absolute atomic E-state index is 0.0597. The highest BCUT2D eigenvalue weighted by Gasteiger charge is 2.15. The fourth-order valence-electron chi connectivity index (χ4n) is 5.74. The molecule has 0 bridgehead atoms. The van der Waals surface area contributed by atoms with Crippen LogP contribution in [-0.2, 0) is 9.53 Å². The molecule has 1 unspecified atom stereocenters. The van der Waals surface area contributed by atoms with Gasteiger partial charge in [0.25, 0.3) is 11.1 Å². The Balaban J connectivity index is 1.32. The Morgan fingerprint density at radius 1 is 0.742 bits per heavy atom. The SMILES string of the molecule is CCCCC(CC)COC(=O)/C(C#N)=C/c1ccc(Nc2nc(NCCCCNC(=O)Nc3nc(=O)cc(C)[nH]3)nc(NCCCCNC(=O)Nc3nc(=O)cc(C)[nH]3)n2)cc1. The van der Waals surface area contributed by atoms with E-state index in [2.05, 4.69) is 86.0 Å². The number of H-pyrrole nitrogens is 2. The lowest BCUT2D eigenvalue weighted by Gasteiger charge is -2.14. The fourth-order valence-corrected chi connectivity index (χ4v) is 5.74. The number of nitriles is 1. The molecule has 3 heterocycles. The van der Waals surface area contributed by atoms with Gasteiger partial charge in [-0.2, -0.15) is 30.2 Å². The monoisotopic (exact) mass is 853 g/mol. The first-order chi connectivity index (χ1) is 29.9. The Hall–Kier alpha value is -7.37. The van der Waals surface area contributed by atoms with Crippen LogP contribution in [0.1, 0.15) is 82.2 Å². The van der Waals surface area contributed by atoms with E-state index in [-0.39, 0.29) is 35.9 Å². The number of hydrogen-bond donors (Lipinski definition) is 9. The minimum atomic E-state index is -0.651. The smallest absolute Gasteiger partial charge is 0.348 e. The minimum Gasteiger partial charge on any atom is -0.461 e. The normalized spacial score (nSPS) is 11.4. The number of urea groups is 2. The molecular weight excluding hydrogens is 799 g/mol. The summed E-state index contributed by atoms with van der Waals surface area (Å²) in [5, 5.41) is 29.7. The molecule has 0 spiro atoms. The molecule has 21 nitrogen and oxygen atoms in total. The summed E-state index contributed by atoms with van der Waals surface area (Å²) < 4.78 is 5.47. The van der Waals surface area contributed by atoms with Gasteiger partial charge >= 0.3 is 18.0 Å². The van der Waals surface area contributed by atoms with Gasteiger partial charge in [-0.05, 0) is 75.6 Å². The second-order valence-corrected chi connectivity index (χ2v) is 14.3. The summed E-state index contributed by atoms with van der Waals surface area (Å²) in [5.74, 6) is 0.555. The number of nitrogens with zero attached hydrogens (tertiary/aromatic N) is 6. The highest BCUT2D eigenvalue weighted by Crippen LogP contribution is 2.19. The van der Waals surface area contributed by atoms with E-state index in [9.17, 15) is 29.2 Å². The molecule has 4 rings (SSSR count). The van der Waals surface area contributed by atoms with Crippen LogP contribution in [0.4, 0.5) is 45.0 Å². The maximum atomic E-state index is 12.7. The molecule has 9 N–H and O–H groups in total. The van der Waals surface area contributed by atoms with Gasteiger partial charge in [0.15, 0.2) is 0 Å². The van der Waals surface area contributed by atoms with E-state index < -0.39 is 29.2 Å². The van der Waals surface area contributed by atoms with E-state index in [1.165, 1.54) is 18.2 Å². The number of carbonyl (C=O) groups is 3. The number of carbonyl (C=O) groups excluding carboxylic acids is 3. The van der Waals surface area contributed by atoms with E-state index in [1.54, 1.807) is 38.1 Å². The predicted octanol–water partition coefficient (Wildman–Crippen LogP) is 5.09. The number of anilines is 6. The van der Waals surface area contributed by atoms with Crippen molar-refractivity contribution in [3.05, 3.63) is 79.6 Å². The molecule has 0 aliphatic carbocycles. The van der Waals surface area contributed by atoms with Crippen LogP contribution in [0.25, 0.3) is 6.08 Å². The lowest BCUT2D eigenvalue weighted by molar-refractivity contribution is -0.139. The van der Waals surface area contributed by atoms with E-state index >= 15 is 0 Å². The largest absolute Gasteiger partial charge is 0.461 e. The molecule has 0 fully saturated rings. The summed E-state index contributed by atoms with van der Waals surface area (Å²) >= 11 is 0. The molecule has 4 aromatic rings. The summed E-state index contributed by atoms with van der Waals surface area (Å²) in [4.78, 5) is 87.0. The van der Waals surface area contributed by atoms with Gasteiger partial charge in [-0.1, -0.05) is 45.2 Å². The van der Waals surface area contributed by atoms with Gasteiger partial charge in [0, 0.05) is 55.4 Å². The van der Waals surface area contributed by atoms with Gasteiger partial charge in [-0.3, -0.25) is 20.2 Å². The van der Waals surface area contributed by atoms with Crippen molar-refractivity contribution >= 4 is 59.5 Å².